The van der Waals surface area contributed by atoms with E-state index >= 15 is 0 Å². The van der Waals surface area contributed by atoms with Crippen molar-refractivity contribution in [3.8, 4) is 11.1 Å². The zero-order valence-corrected chi connectivity index (χ0v) is 12.3. The summed E-state index contributed by atoms with van der Waals surface area (Å²) in [7, 11) is 0. The maximum absolute atomic E-state index is 6.14. The van der Waals surface area contributed by atoms with Crippen molar-refractivity contribution in [2.45, 2.75) is 33.4 Å². The highest BCUT2D eigenvalue weighted by Gasteiger charge is 2.09. The maximum atomic E-state index is 6.14. The number of aryl methyl sites for hydroxylation is 1. The van der Waals surface area contributed by atoms with E-state index < -0.39 is 0 Å². The fourth-order valence-corrected chi connectivity index (χ4v) is 2.19. The number of benzene rings is 1. The van der Waals surface area contributed by atoms with Crippen molar-refractivity contribution >= 4 is 11.6 Å². The van der Waals surface area contributed by atoms with Gasteiger partial charge in [0.15, 0.2) is 0 Å². The minimum absolute atomic E-state index is 0.457. The second kappa shape index (κ2) is 6.18. The van der Waals surface area contributed by atoms with E-state index in [1.807, 2.05) is 30.6 Å². The van der Waals surface area contributed by atoms with Crippen LogP contribution in [0.5, 0.6) is 0 Å². The Balaban J connectivity index is 2.43. The van der Waals surface area contributed by atoms with Crippen LogP contribution in [0.4, 0.5) is 0 Å². The van der Waals surface area contributed by atoms with Gasteiger partial charge >= 0.3 is 0 Å². The zero-order valence-electron chi connectivity index (χ0n) is 11.6. The van der Waals surface area contributed by atoms with E-state index in [4.69, 9.17) is 11.6 Å². The third kappa shape index (κ3) is 3.55. The van der Waals surface area contributed by atoms with Gasteiger partial charge in [0.05, 0.1) is 0 Å². The van der Waals surface area contributed by atoms with Crippen molar-refractivity contribution < 1.29 is 0 Å². The van der Waals surface area contributed by atoms with E-state index in [0.29, 0.717) is 6.04 Å². The van der Waals surface area contributed by atoms with Crippen molar-refractivity contribution in [2.75, 3.05) is 0 Å². The van der Waals surface area contributed by atoms with E-state index in [9.17, 15) is 0 Å². The van der Waals surface area contributed by atoms with Gasteiger partial charge in [-0.3, -0.25) is 4.98 Å². The monoisotopic (exact) mass is 274 g/mol. The van der Waals surface area contributed by atoms with Crippen LogP contribution in [-0.2, 0) is 6.54 Å². The first-order valence-corrected chi connectivity index (χ1v) is 6.88. The highest BCUT2D eigenvalue weighted by atomic mass is 35.5. The molecular weight excluding hydrogens is 256 g/mol. The van der Waals surface area contributed by atoms with Crippen LogP contribution >= 0.6 is 11.6 Å². The van der Waals surface area contributed by atoms with Crippen molar-refractivity contribution in [3.05, 3.63) is 52.8 Å². The van der Waals surface area contributed by atoms with Gasteiger partial charge in [0, 0.05) is 35.6 Å². The minimum atomic E-state index is 0.457. The molecule has 0 bridgehead atoms. The molecule has 0 aliphatic heterocycles. The molecule has 100 valence electrons. The summed E-state index contributed by atoms with van der Waals surface area (Å²) in [5.74, 6) is 0. The molecular formula is C16H19ClN2. The molecule has 0 radical (unpaired) electrons. The average Bonchev–Trinajstić information content (AvgIpc) is 2.37. The molecule has 1 N–H and O–H groups in total. The molecule has 0 spiro atoms. The van der Waals surface area contributed by atoms with Crippen LogP contribution in [-0.4, -0.2) is 11.0 Å². The first kappa shape index (κ1) is 14.0. The van der Waals surface area contributed by atoms with E-state index in [2.05, 4.69) is 37.1 Å². The van der Waals surface area contributed by atoms with Gasteiger partial charge in [-0.15, -0.1) is 0 Å². The Morgan fingerprint density at radius 1 is 1.21 bits per heavy atom. The van der Waals surface area contributed by atoms with Gasteiger partial charge in [-0.25, -0.2) is 0 Å². The summed E-state index contributed by atoms with van der Waals surface area (Å²) < 4.78 is 0. The molecule has 2 rings (SSSR count). The predicted molar refractivity (Wildman–Crippen MR) is 81.4 cm³/mol. The van der Waals surface area contributed by atoms with Gasteiger partial charge in [-0.1, -0.05) is 31.5 Å². The number of nitrogens with zero attached hydrogens (tertiary/aromatic N) is 1. The quantitative estimate of drug-likeness (QED) is 0.903. The summed E-state index contributed by atoms with van der Waals surface area (Å²) in [6, 6.07) is 8.52. The summed E-state index contributed by atoms with van der Waals surface area (Å²) in [6.45, 7) is 7.21. The Hall–Kier alpha value is -1.38. The van der Waals surface area contributed by atoms with Crippen LogP contribution in [0.2, 0.25) is 5.02 Å². The highest BCUT2D eigenvalue weighted by Crippen LogP contribution is 2.29. The third-order valence-electron chi connectivity index (χ3n) is 3.10. The maximum Gasteiger partial charge on any atom is 0.0412 e. The van der Waals surface area contributed by atoms with Crippen molar-refractivity contribution in [1.29, 1.82) is 0 Å². The molecule has 0 amide bonds. The molecule has 0 fully saturated rings. The normalized spacial score (nSPS) is 11.0. The summed E-state index contributed by atoms with van der Waals surface area (Å²) in [5.41, 5.74) is 4.76. The molecule has 1 heterocycles. The van der Waals surface area contributed by atoms with E-state index in [-0.39, 0.29) is 0 Å². The molecule has 3 heteroatoms. The van der Waals surface area contributed by atoms with Gasteiger partial charge < -0.3 is 5.32 Å². The summed E-state index contributed by atoms with van der Waals surface area (Å²) in [5, 5.41) is 4.20. The van der Waals surface area contributed by atoms with Gasteiger partial charge in [-0.05, 0) is 41.8 Å². The van der Waals surface area contributed by atoms with Crippen molar-refractivity contribution in [3.63, 3.8) is 0 Å². The van der Waals surface area contributed by atoms with E-state index in [0.717, 1.165) is 22.7 Å². The third-order valence-corrected chi connectivity index (χ3v) is 3.34. The second-order valence-corrected chi connectivity index (χ2v) is 5.46. The molecule has 0 atom stereocenters. The van der Waals surface area contributed by atoms with Crippen LogP contribution < -0.4 is 5.32 Å². The Bertz CT molecular complexity index is 564. The van der Waals surface area contributed by atoms with Crippen molar-refractivity contribution in [1.82, 2.24) is 10.3 Å². The first-order chi connectivity index (χ1) is 9.08. The zero-order chi connectivity index (χ0) is 13.8. The van der Waals surface area contributed by atoms with E-state index in [1.165, 1.54) is 11.1 Å². The Morgan fingerprint density at radius 2 is 2.00 bits per heavy atom. The Morgan fingerprint density at radius 3 is 2.68 bits per heavy atom. The number of pyridine rings is 1. The lowest BCUT2D eigenvalue weighted by molar-refractivity contribution is 0.589. The summed E-state index contributed by atoms with van der Waals surface area (Å²) >= 11 is 6.14. The molecule has 2 aromatic rings. The smallest absolute Gasteiger partial charge is 0.0412 e. The molecule has 1 aromatic heterocycles. The fourth-order valence-electron chi connectivity index (χ4n) is 2.01. The second-order valence-electron chi connectivity index (χ2n) is 5.03. The fraction of sp³-hybridized carbons (Fsp3) is 0.312. The van der Waals surface area contributed by atoms with Crippen LogP contribution in [0, 0.1) is 6.92 Å². The average molecular weight is 275 g/mol. The molecule has 0 unspecified atom stereocenters. The predicted octanol–water partition coefficient (Wildman–Crippen LogP) is 4.21. The van der Waals surface area contributed by atoms with Crippen LogP contribution in [0.1, 0.15) is 25.0 Å². The topological polar surface area (TPSA) is 24.9 Å². The standard InChI is InChI=1S/C16H19ClN2/c1-11(2)19-9-13-4-5-14(17)8-15(13)16-10-18-7-6-12(16)3/h4-8,10-11,19H,9H2,1-3H3. The summed E-state index contributed by atoms with van der Waals surface area (Å²) in [4.78, 5) is 4.22. The van der Waals surface area contributed by atoms with Gasteiger partial charge in [0.25, 0.3) is 0 Å². The molecule has 0 aliphatic carbocycles. The Kier molecular flexibility index (Phi) is 4.56. The number of halogens is 1. The van der Waals surface area contributed by atoms with Crippen LogP contribution in [0.25, 0.3) is 11.1 Å². The SMILES string of the molecule is Cc1ccncc1-c1cc(Cl)ccc1CNC(C)C. The van der Waals surface area contributed by atoms with E-state index in [1.54, 1.807) is 0 Å². The lowest BCUT2D eigenvalue weighted by Crippen LogP contribution is -2.22. The minimum Gasteiger partial charge on any atom is -0.310 e. The molecule has 0 aliphatic rings. The van der Waals surface area contributed by atoms with Crippen molar-refractivity contribution in [2.24, 2.45) is 0 Å². The Labute approximate surface area is 119 Å². The largest absolute Gasteiger partial charge is 0.310 e. The number of nitrogens with one attached hydrogen (secondary N) is 1. The number of hydrogen-bond donors (Lipinski definition) is 1. The van der Waals surface area contributed by atoms with Crippen LogP contribution in [0.15, 0.2) is 36.7 Å². The lowest BCUT2D eigenvalue weighted by Gasteiger charge is -2.14. The lowest BCUT2D eigenvalue weighted by atomic mass is 9.97. The molecule has 2 nitrogen and oxygen atoms in total. The molecule has 0 saturated heterocycles. The molecule has 1 aromatic carbocycles. The number of rotatable bonds is 4. The van der Waals surface area contributed by atoms with Gasteiger partial charge in [-0.2, -0.15) is 0 Å². The van der Waals surface area contributed by atoms with Gasteiger partial charge in [0.2, 0.25) is 0 Å². The number of aromatic nitrogens is 1. The highest BCUT2D eigenvalue weighted by molar-refractivity contribution is 6.30. The molecule has 19 heavy (non-hydrogen) atoms. The van der Waals surface area contributed by atoms with Crippen LogP contribution in [0.3, 0.4) is 0 Å². The first-order valence-electron chi connectivity index (χ1n) is 6.50. The summed E-state index contributed by atoms with van der Waals surface area (Å²) in [6.07, 6.45) is 3.72. The molecule has 0 saturated carbocycles. The number of hydrogen-bond acceptors (Lipinski definition) is 2. The van der Waals surface area contributed by atoms with Gasteiger partial charge in [0.1, 0.15) is 0 Å².